The average Bonchev–Trinajstić information content (AvgIpc) is 2.98. The largest absolute Gasteiger partial charge is 0.298 e. The molecule has 0 spiro atoms. The van der Waals surface area contributed by atoms with Crippen molar-refractivity contribution < 1.29 is 8.42 Å². The number of aromatic nitrogens is 3. The lowest BCUT2D eigenvalue weighted by Gasteiger charge is -2.25. The van der Waals surface area contributed by atoms with Crippen LogP contribution in [0.2, 0.25) is 0 Å². The second-order valence-electron chi connectivity index (χ2n) is 6.22. The highest BCUT2D eigenvalue weighted by Gasteiger charge is 2.31. The van der Waals surface area contributed by atoms with Crippen molar-refractivity contribution in [3.05, 3.63) is 82.0 Å². The van der Waals surface area contributed by atoms with Gasteiger partial charge in [0.2, 0.25) is 10.0 Å². The van der Waals surface area contributed by atoms with Gasteiger partial charge in [-0.1, -0.05) is 30.3 Å². The molecule has 0 atom stereocenters. The minimum absolute atomic E-state index is 0.0812. The van der Waals surface area contributed by atoms with Crippen LogP contribution in [0.3, 0.4) is 0 Å². The Bertz CT molecular complexity index is 1070. The number of nitrogens with zero attached hydrogens (tertiary/aromatic N) is 3. The third-order valence-corrected chi connectivity index (χ3v) is 6.37. The van der Waals surface area contributed by atoms with Gasteiger partial charge in [0, 0.05) is 24.5 Å². The van der Waals surface area contributed by atoms with Crippen LogP contribution in [0.4, 0.5) is 0 Å². The lowest BCUT2D eigenvalue weighted by atomic mass is 10.1. The van der Waals surface area contributed by atoms with Crippen molar-refractivity contribution in [2.24, 2.45) is 0 Å². The smallest absolute Gasteiger partial charge is 0.270 e. The molecule has 3 heterocycles. The van der Waals surface area contributed by atoms with Gasteiger partial charge in [0.15, 0.2) is 0 Å². The van der Waals surface area contributed by atoms with Crippen molar-refractivity contribution in [1.82, 2.24) is 19.1 Å². The normalized spacial score (nSPS) is 14.9. The van der Waals surface area contributed by atoms with Crippen LogP contribution < -0.4 is 5.56 Å². The van der Waals surface area contributed by atoms with E-state index in [1.807, 2.05) is 30.3 Å². The molecule has 0 saturated heterocycles. The first-order valence-corrected chi connectivity index (χ1v) is 9.74. The number of benzene rings is 1. The minimum atomic E-state index is -3.63. The zero-order chi connectivity index (χ0) is 18.1. The molecule has 134 valence electrons. The molecular formula is C18H18N4O3S. The maximum absolute atomic E-state index is 12.8. The zero-order valence-electron chi connectivity index (χ0n) is 14.0. The Morgan fingerprint density at radius 1 is 1.12 bits per heavy atom. The molecule has 26 heavy (non-hydrogen) atoms. The lowest BCUT2D eigenvalue weighted by molar-refractivity contribution is 0.385. The Hall–Kier alpha value is -2.71. The summed E-state index contributed by atoms with van der Waals surface area (Å²) in [7, 11) is -3.63. The van der Waals surface area contributed by atoms with Crippen molar-refractivity contribution >= 4 is 10.0 Å². The molecule has 0 unspecified atom stereocenters. The number of rotatable bonds is 4. The van der Waals surface area contributed by atoms with Crippen molar-refractivity contribution in [2.75, 3.05) is 6.54 Å². The molecule has 1 aliphatic heterocycles. The molecule has 1 aromatic carbocycles. The Morgan fingerprint density at radius 2 is 1.92 bits per heavy atom. The Morgan fingerprint density at radius 3 is 2.65 bits per heavy atom. The van der Waals surface area contributed by atoms with Gasteiger partial charge in [-0.15, -0.1) is 0 Å². The third-order valence-electron chi connectivity index (χ3n) is 4.54. The Balaban J connectivity index is 1.62. The van der Waals surface area contributed by atoms with Gasteiger partial charge in [0.05, 0.1) is 18.8 Å². The van der Waals surface area contributed by atoms with Crippen LogP contribution in [0.15, 0.2) is 64.5 Å². The van der Waals surface area contributed by atoms with Crippen LogP contribution in [-0.4, -0.2) is 34.0 Å². The predicted molar refractivity (Wildman–Crippen MR) is 96.1 cm³/mol. The fourth-order valence-electron chi connectivity index (χ4n) is 3.18. The molecule has 1 N–H and O–H groups in total. The second kappa shape index (κ2) is 6.54. The molecule has 7 nitrogen and oxygen atoms in total. The Labute approximate surface area is 151 Å². The van der Waals surface area contributed by atoms with Gasteiger partial charge < -0.3 is 0 Å². The molecular weight excluding hydrogens is 352 g/mol. The van der Waals surface area contributed by atoms with E-state index in [2.05, 4.69) is 10.1 Å². The van der Waals surface area contributed by atoms with Gasteiger partial charge in [-0.25, -0.2) is 13.1 Å². The lowest BCUT2D eigenvalue weighted by Crippen LogP contribution is -2.37. The summed E-state index contributed by atoms with van der Waals surface area (Å²) in [5, 5.41) is 3.09. The SMILES string of the molecule is O=c1c2c([nH]n1Cc1ccccc1)CN(S(=O)(=O)c1cccnc1)CC2. The number of aromatic amines is 1. The van der Waals surface area contributed by atoms with Crippen LogP contribution in [-0.2, 0) is 29.5 Å². The molecule has 1 aliphatic rings. The summed E-state index contributed by atoms with van der Waals surface area (Å²) in [5.74, 6) is 0. The van der Waals surface area contributed by atoms with Crippen LogP contribution in [0, 0.1) is 0 Å². The van der Waals surface area contributed by atoms with E-state index in [1.54, 1.807) is 10.7 Å². The van der Waals surface area contributed by atoms with Crippen molar-refractivity contribution in [2.45, 2.75) is 24.4 Å². The van der Waals surface area contributed by atoms with Gasteiger partial charge in [0.25, 0.3) is 5.56 Å². The minimum Gasteiger partial charge on any atom is -0.298 e. The van der Waals surface area contributed by atoms with Crippen LogP contribution >= 0.6 is 0 Å². The Kier molecular flexibility index (Phi) is 4.21. The molecule has 0 aliphatic carbocycles. The first-order valence-electron chi connectivity index (χ1n) is 8.30. The van der Waals surface area contributed by atoms with E-state index < -0.39 is 10.0 Å². The number of H-pyrrole nitrogens is 1. The molecule has 0 bridgehead atoms. The van der Waals surface area contributed by atoms with E-state index in [-0.39, 0.29) is 23.5 Å². The number of fused-ring (bicyclic) bond motifs is 1. The van der Waals surface area contributed by atoms with Crippen molar-refractivity contribution in [3.8, 4) is 0 Å². The van der Waals surface area contributed by atoms with Crippen molar-refractivity contribution in [1.29, 1.82) is 0 Å². The van der Waals surface area contributed by atoms with Crippen molar-refractivity contribution in [3.63, 3.8) is 0 Å². The average molecular weight is 370 g/mol. The van der Waals surface area contributed by atoms with E-state index in [0.29, 0.717) is 24.2 Å². The summed E-state index contributed by atoms with van der Waals surface area (Å²) in [4.78, 5) is 16.6. The topological polar surface area (TPSA) is 88.1 Å². The molecule has 0 fully saturated rings. The van der Waals surface area contributed by atoms with E-state index in [1.165, 1.54) is 22.8 Å². The number of nitrogens with one attached hydrogen (secondary N) is 1. The second-order valence-corrected chi connectivity index (χ2v) is 8.16. The van der Waals surface area contributed by atoms with E-state index in [4.69, 9.17) is 0 Å². The number of sulfonamides is 1. The van der Waals surface area contributed by atoms with E-state index in [9.17, 15) is 13.2 Å². The molecule has 8 heteroatoms. The fourth-order valence-corrected chi connectivity index (χ4v) is 4.56. The van der Waals surface area contributed by atoms with Gasteiger partial charge in [-0.2, -0.15) is 4.31 Å². The predicted octanol–water partition coefficient (Wildman–Crippen LogP) is 1.37. The summed E-state index contributed by atoms with van der Waals surface area (Å²) in [6, 6.07) is 12.8. The number of pyridine rings is 1. The monoisotopic (exact) mass is 370 g/mol. The number of hydrogen-bond acceptors (Lipinski definition) is 4. The van der Waals surface area contributed by atoms with Crippen LogP contribution in [0.5, 0.6) is 0 Å². The van der Waals surface area contributed by atoms with E-state index in [0.717, 1.165) is 5.56 Å². The quantitative estimate of drug-likeness (QED) is 0.751. The van der Waals surface area contributed by atoms with Gasteiger partial charge in [-0.05, 0) is 24.1 Å². The zero-order valence-corrected chi connectivity index (χ0v) is 14.8. The summed E-state index contributed by atoms with van der Waals surface area (Å²) in [5.41, 5.74) is 2.25. The van der Waals surface area contributed by atoms with Gasteiger partial charge in [-0.3, -0.25) is 14.9 Å². The molecule has 0 radical (unpaired) electrons. The van der Waals surface area contributed by atoms with Crippen LogP contribution in [0.1, 0.15) is 16.8 Å². The molecule has 0 amide bonds. The highest BCUT2D eigenvalue weighted by molar-refractivity contribution is 7.89. The summed E-state index contributed by atoms with van der Waals surface area (Å²) in [6.07, 6.45) is 3.27. The maximum atomic E-state index is 12.8. The summed E-state index contributed by atoms with van der Waals surface area (Å²) < 4.78 is 28.5. The first kappa shape index (κ1) is 16.7. The van der Waals surface area contributed by atoms with Gasteiger partial charge >= 0.3 is 0 Å². The van der Waals surface area contributed by atoms with Gasteiger partial charge in [0.1, 0.15) is 4.90 Å². The first-order chi connectivity index (χ1) is 12.6. The number of hydrogen-bond donors (Lipinski definition) is 1. The fraction of sp³-hybridized carbons (Fsp3) is 0.222. The standard InChI is InChI=1S/C18H18N4O3S/c23-18-16-8-10-21(26(24,25)15-7-4-9-19-11-15)13-17(16)20-22(18)12-14-5-2-1-3-6-14/h1-7,9,11,20H,8,10,12-13H2. The molecule has 3 aromatic rings. The molecule has 2 aromatic heterocycles. The third kappa shape index (κ3) is 2.97. The summed E-state index contributed by atoms with van der Waals surface area (Å²) >= 11 is 0. The highest BCUT2D eigenvalue weighted by Crippen LogP contribution is 2.22. The molecule has 0 saturated carbocycles. The van der Waals surface area contributed by atoms with Crippen LogP contribution in [0.25, 0.3) is 0 Å². The maximum Gasteiger partial charge on any atom is 0.270 e. The highest BCUT2D eigenvalue weighted by atomic mass is 32.2. The molecule has 4 rings (SSSR count). The van der Waals surface area contributed by atoms with E-state index >= 15 is 0 Å². The summed E-state index contributed by atoms with van der Waals surface area (Å²) in [6.45, 7) is 0.869.